The Morgan fingerprint density at radius 1 is 1.12 bits per heavy atom. The molecule has 0 saturated carbocycles. The smallest absolute Gasteiger partial charge is 0.278 e. The summed E-state index contributed by atoms with van der Waals surface area (Å²) >= 11 is 0. The van der Waals surface area contributed by atoms with Crippen LogP contribution in [0.3, 0.4) is 0 Å². The van der Waals surface area contributed by atoms with E-state index in [4.69, 9.17) is 4.52 Å². The highest BCUT2D eigenvalue weighted by Crippen LogP contribution is 2.29. The largest absolute Gasteiger partial charge is 0.359 e. The molecule has 4 rings (SSSR count). The summed E-state index contributed by atoms with van der Waals surface area (Å²) in [6, 6.07) is 10.2. The highest BCUT2D eigenvalue weighted by atomic mass is 16.6. The molecule has 0 radical (unpaired) electrons. The van der Waals surface area contributed by atoms with Gasteiger partial charge in [0.2, 0.25) is 5.95 Å². The number of para-hydroxylation sites is 1. The fourth-order valence-electron chi connectivity index (χ4n) is 3.84. The first-order valence-corrected chi connectivity index (χ1v) is 10.8. The standard InChI is InChI=1S/C22H27N7O3/c1-2-26(10-11-27-12-14-28(15-13-27)22-23-8-5-9-24-22)17-18-16-20(25-32-18)19-6-3-4-7-21(19)29(30)31/h3-9,16H,2,10-15,17H2,1H3. The molecule has 32 heavy (non-hydrogen) atoms. The lowest BCUT2D eigenvalue weighted by Crippen LogP contribution is -2.48. The minimum absolute atomic E-state index is 0.0275. The van der Waals surface area contributed by atoms with Crippen molar-refractivity contribution in [3.05, 3.63) is 64.7 Å². The van der Waals surface area contributed by atoms with Crippen molar-refractivity contribution in [2.75, 3.05) is 50.7 Å². The van der Waals surface area contributed by atoms with Gasteiger partial charge >= 0.3 is 0 Å². The van der Waals surface area contributed by atoms with Gasteiger partial charge in [0.1, 0.15) is 5.69 Å². The van der Waals surface area contributed by atoms with Crippen LogP contribution in [0.2, 0.25) is 0 Å². The number of rotatable bonds is 9. The Balaban J connectivity index is 1.29. The maximum Gasteiger partial charge on any atom is 0.278 e. The van der Waals surface area contributed by atoms with Gasteiger partial charge in [-0.1, -0.05) is 24.2 Å². The van der Waals surface area contributed by atoms with Crippen molar-refractivity contribution in [2.45, 2.75) is 13.5 Å². The minimum Gasteiger partial charge on any atom is -0.359 e. The topological polar surface area (TPSA) is 105 Å². The zero-order valence-electron chi connectivity index (χ0n) is 18.1. The molecule has 1 aliphatic heterocycles. The summed E-state index contributed by atoms with van der Waals surface area (Å²) in [5.74, 6) is 1.49. The normalized spacial score (nSPS) is 14.8. The van der Waals surface area contributed by atoms with Crippen molar-refractivity contribution in [3.8, 4) is 11.3 Å². The van der Waals surface area contributed by atoms with Crippen LogP contribution in [0.1, 0.15) is 12.7 Å². The molecule has 3 heterocycles. The van der Waals surface area contributed by atoms with Crippen molar-refractivity contribution in [1.82, 2.24) is 24.9 Å². The molecule has 2 aromatic heterocycles. The molecule has 0 spiro atoms. The number of nitrogens with zero attached hydrogens (tertiary/aromatic N) is 7. The number of hydrogen-bond acceptors (Lipinski definition) is 9. The van der Waals surface area contributed by atoms with E-state index in [1.807, 2.05) is 6.07 Å². The van der Waals surface area contributed by atoms with E-state index in [2.05, 4.69) is 36.7 Å². The van der Waals surface area contributed by atoms with Crippen molar-refractivity contribution in [1.29, 1.82) is 0 Å². The molecule has 0 N–H and O–H groups in total. The third-order valence-corrected chi connectivity index (χ3v) is 5.70. The zero-order chi connectivity index (χ0) is 22.3. The Labute approximate surface area is 186 Å². The Morgan fingerprint density at radius 3 is 2.59 bits per heavy atom. The molecule has 1 saturated heterocycles. The van der Waals surface area contributed by atoms with Gasteiger partial charge in [0.25, 0.3) is 5.69 Å². The fraction of sp³-hybridized carbons (Fsp3) is 0.409. The molecule has 0 atom stereocenters. The lowest BCUT2D eigenvalue weighted by molar-refractivity contribution is -0.384. The van der Waals surface area contributed by atoms with E-state index in [0.717, 1.165) is 51.8 Å². The summed E-state index contributed by atoms with van der Waals surface area (Å²) in [5.41, 5.74) is 0.984. The van der Waals surface area contributed by atoms with Crippen LogP contribution in [0, 0.1) is 10.1 Å². The lowest BCUT2D eigenvalue weighted by Gasteiger charge is -2.35. The fourth-order valence-corrected chi connectivity index (χ4v) is 3.84. The van der Waals surface area contributed by atoms with Gasteiger partial charge in [0, 0.05) is 63.8 Å². The molecule has 0 amide bonds. The summed E-state index contributed by atoms with van der Waals surface area (Å²) in [4.78, 5) is 26.5. The van der Waals surface area contributed by atoms with E-state index >= 15 is 0 Å². The van der Waals surface area contributed by atoms with Gasteiger partial charge in [0.05, 0.1) is 17.0 Å². The van der Waals surface area contributed by atoms with Gasteiger partial charge in [-0.2, -0.15) is 0 Å². The molecule has 1 aliphatic rings. The number of aromatic nitrogens is 3. The van der Waals surface area contributed by atoms with Gasteiger partial charge in [-0.3, -0.25) is 19.9 Å². The molecule has 10 heteroatoms. The molecule has 0 bridgehead atoms. The van der Waals surface area contributed by atoms with E-state index < -0.39 is 4.92 Å². The van der Waals surface area contributed by atoms with Gasteiger partial charge in [-0.25, -0.2) is 9.97 Å². The van der Waals surface area contributed by atoms with Crippen molar-refractivity contribution >= 4 is 11.6 Å². The first-order valence-electron chi connectivity index (χ1n) is 10.8. The highest BCUT2D eigenvalue weighted by Gasteiger charge is 2.21. The average molecular weight is 438 g/mol. The van der Waals surface area contributed by atoms with E-state index in [1.54, 1.807) is 36.7 Å². The Hall–Kier alpha value is -3.37. The maximum atomic E-state index is 11.3. The molecule has 1 fully saturated rings. The summed E-state index contributed by atoms with van der Waals surface area (Å²) in [5, 5.41) is 15.4. The summed E-state index contributed by atoms with van der Waals surface area (Å²) in [6.07, 6.45) is 3.55. The van der Waals surface area contributed by atoms with Gasteiger partial charge in [0.15, 0.2) is 5.76 Å². The number of piperazine rings is 1. The molecule has 168 valence electrons. The quantitative estimate of drug-likeness (QED) is 0.369. The van der Waals surface area contributed by atoms with Crippen LogP contribution >= 0.6 is 0 Å². The maximum absolute atomic E-state index is 11.3. The van der Waals surface area contributed by atoms with Crippen LogP contribution in [-0.4, -0.2) is 75.7 Å². The second-order valence-electron chi connectivity index (χ2n) is 7.70. The molecular weight excluding hydrogens is 410 g/mol. The molecule has 10 nitrogen and oxygen atoms in total. The van der Waals surface area contributed by atoms with Crippen LogP contribution in [0.5, 0.6) is 0 Å². The van der Waals surface area contributed by atoms with Crippen LogP contribution in [0.25, 0.3) is 11.3 Å². The molecule has 0 aliphatic carbocycles. The summed E-state index contributed by atoms with van der Waals surface area (Å²) < 4.78 is 5.49. The van der Waals surface area contributed by atoms with Crippen molar-refractivity contribution in [2.24, 2.45) is 0 Å². The minimum atomic E-state index is -0.397. The van der Waals surface area contributed by atoms with Crippen LogP contribution in [0.15, 0.2) is 53.3 Å². The van der Waals surface area contributed by atoms with E-state index in [0.29, 0.717) is 23.6 Å². The first kappa shape index (κ1) is 21.8. The summed E-state index contributed by atoms with van der Waals surface area (Å²) in [7, 11) is 0. The number of benzene rings is 1. The lowest BCUT2D eigenvalue weighted by atomic mass is 10.1. The first-order chi connectivity index (χ1) is 15.6. The van der Waals surface area contributed by atoms with Crippen LogP contribution in [-0.2, 0) is 6.54 Å². The van der Waals surface area contributed by atoms with Gasteiger partial charge in [-0.05, 0) is 18.7 Å². The molecule has 3 aromatic rings. The van der Waals surface area contributed by atoms with Crippen molar-refractivity contribution in [3.63, 3.8) is 0 Å². The highest BCUT2D eigenvalue weighted by molar-refractivity contribution is 5.70. The number of anilines is 1. The number of likely N-dealkylation sites (N-methyl/N-ethyl adjacent to an activating group) is 1. The number of nitro benzene ring substituents is 1. The third-order valence-electron chi connectivity index (χ3n) is 5.70. The summed E-state index contributed by atoms with van der Waals surface area (Å²) in [6.45, 7) is 9.24. The van der Waals surface area contributed by atoms with Crippen LogP contribution < -0.4 is 4.90 Å². The van der Waals surface area contributed by atoms with Crippen LogP contribution in [0.4, 0.5) is 11.6 Å². The Morgan fingerprint density at radius 2 is 1.88 bits per heavy atom. The molecule has 0 unspecified atom stereocenters. The van der Waals surface area contributed by atoms with E-state index in [-0.39, 0.29) is 5.69 Å². The number of nitro groups is 1. The SMILES string of the molecule is CCN(CCN1CCN(c2ncccn2)CC1)Cc1cc(-c2ccccc2[N+](=O)[O-])no1. The van der Waals surface area contributed by atoms with Gasteiger partial charge in [-0.15, -0.1) is 0 Å². The van der Waals surface area contributed by atoms with Gasteiger partial charge < -0.3 is 9.42 Å². The van der Waals surface area contributed by atoms with Crippen molar-refractivity contribution < 1.29 is 9.45 Å². The molecular formula is C22H27N7O3. The zero-order valence-corrected chi connectivity index (χ0v) is 18.1. The second-order valence-corrected chi connectivity index (χ2v) is 7.70. The number of hydrogen-bond donors (Lipinski definition) is 0. The average Bonchev–Trinajstić information content (AvgIpc) is 3.31. The Bertz CT molecular complexity index is 1020. The van der Waals surface area contributed by atoms with E-state index in [9.17, 15) is 10.1 Å². The second kappa shape index (κ2) is 10.3. The third kappa shape index (κ3) is 5.27. The predicted octanol–water partition coefficient (Wildman–Crippen LogP) is 2.68. The molecule has 1 aromatic carbocycles. The monoisotopic (exact) mass is 437 g/mol. The Kier molecular flexibility index (Phi) is 7.03. The predicted molar refractivity (Wildman–Crippen MR) is 120 cm³/mol. The van der Waals surface area contributed by atoms with E-state index in [1.165, 1.54) is 6.07 Å².